The summed E-state index contributed by atoms with van der Waals surface area (Å²) in [5.41, 5.74) is 7.88. The van der Waals surface area contributed by atoms with Crippen LogP contribution in [0.25, 0.3) is 0 Å². The summed E-state index contributed by atoms with van der Waals surface area (Å²) in [7, 11) is 2.08. The lowest BCUT2D eigenvalue weighted by atomic mass is 10.0. The van der Waals surface area contributed by atoms with Crippen molar-refractivity contribution < 1.29 is 4.39 Å². The minimum absolute atomic E-state index is 0.141. The molecule has 2 unspecified atom stereocenters. The SMILES string of the molecule is CC(N)c1cc(F)ccc1N(C)C1CCSC1. The van der Waals surface area contributed by atoms with Crippen LogP contribution in [0.3, 0.4) is 0 Å². The van der Waals surface area contributed by atoms with E-state index in [-0.39, 0.29) is 11.9 Å². The Labute approximate surface area is 106 Å². The first kappa shape index (κ1) is 12.7. The zero-order chi connectivity index (χ0) is 12.4. The zero-order valence-electron chi connectivity index (χ0n) is 10.3. The summed E-state index contributed by atoms with van der Waals surface area (Å²) < 4.78 is 13.3. The van der Waals surface area contributed by atoms with Crippen LogP contribution in [0.2, 0.25) is 0 Å². The molecule has 1 aliphatic heterocycles. The minimum Gasteiger partial charge on any atom is -0.370 e. The van der Waals surface area contributed by atoms with Crippen molar-refractivity contribution in [3.8, 4) is 0 Å². The summed E-state index contributed by atoms with van der Waals surface area (Å²) in [6.45, 7) is 1.90. The summed E-state index contributed by atoms with van der Waals surface area (Å²) in [6.07, 6.45) is 1.19. The fourth-order valence-electron chi connectivity index (χ4n) is 2.24. The van der Waals surface area contributed by atoms with Crippen LogP contribution in [0.5, 0.6) is 0 Å². The predicted molar refractivity (Wildman–Crippen MR) is 73.1 cm³/mol. The van der Waals surface area contributed by atoms with E-state index in [9.17, 15) is 4.39 Å². The van der Waals surface area contributed by atoms with Gasteiger partial charge >= 0.3 is 0 Å². The third kappa shape index (κ3) is 2.75. The number of nitrogens with zero attached hydrogens (tertiary/aromatic N) is 1. The molecule has 1 aromatic rings. The molecule has 2 rings (SSSR count). The Morgan fingerprint density at radius 1 is 1.53 bits per heavy atom. The van der Waals surface area contributed by atoms with E-state index in [1.807, 2.05) is 24.8 Å². The van der Waals surface area contributed by atoms with E-state index >= 15 is 0 Å². The smallest absolute Gasteiger partial charge is 0.123 e. The average molecular weight is 254 g/mol. The molecule has 0 aliphatic carbocycles. The Balaban J connectivity index is 2.29. The Kier molecular flexibility index (Phi) is 3.94. The van der Waals surface area contributed by atoms with Gasteiger partial charge in [-0.1, -0.05) is 0 Å². The van der Waals surface area contributed by atoms with Crippen LogP contribution in [0, 0.1) is 5.82 Å². The molecule has 2 nitrogen and oxygen atoms in total. The fraction of sp³-hybridized carbons (Fsp3) is 0.538. The first-order chi connectivity index (χ1) is 8.09. The van der Waals surface area contributed by atoms with Gasteiger partial charge in [0.05, 0.1) is 0 Å². The molecule has 94 valence electrons. The third-order valence-electron chi connectivity index (χ3n) is 3.31. The third-order valence-corrected chi connectivity index (χ3v) is 4.46. The number of anilines is 1. The van der Waals surface area contributed by atoms with Crippen molar-refractivity contribution in [3.05, 3.63) is 29.6 Å². The molecule has 1 heterocycles. The average Bonchev–Trinajstić information content (AvgIpc) is 2.81. The molecule has 0 bridgehead atoms. The van der Waals surface area contributed by atoms with Gasteiger partial charge in [0.25, 0.3) is 0 Å². The summed E-state index contributed by atoms with van der Waals surface area (Å²) in [4.78, 5) is 2.25. The highest BCUT2D eigenvalue weighted by molar-refractivity contribution is 7.99. The molecule has 0 spiro atoms. The van der Waals surface area contributed by atoms with Gasteiger partial charge in [-0.25, -0.2) is 4.39 Å². The summed E-state index contributed by atoms with van der Waals surface area (Å²) >= 11 is 1.98. The minimum atomic E-state index is -0.213. The number of nitrogens with two attached hydrogens (primary N) is 1. The second-order valence-corrected chi connectivity index (χ2v) is 5.77. The first-order valence-corrected chi connectivity index (χ1v) is 7.10. The maximum Gasteiger partial charge on any atom is 0.123 e. The molecule has 1 saturated heterocycles. The second kappa shape index (κ2) is 5.27. The molecular formula is C13H19FN2S. The highest BCUT2D eigenvalue weighted by atomic mass is 32.2. The molecule has 1 aromatic carbocycles. The fourth-order valence-corrected chi connectivity index (χ4v) is 3.50. The van der Waals surface area contributed by atoms with E-state index in [0.717, 1.165) is 17.0 Å². The maximum atomic E-state index is 13.3. The lowest BCUT2D eigenvalue weighted by Gasteiger charge is -2.29. The maximum absolute atomic E-state index is 13.3. The van der Waals surface area contributed by atoms with Crippen LogP contribution in [-0.4, -0.2) is 24.6 Å². The number of rotatable bonds is 3. The largest absolute Gasteiger partial charge is 0.370 e. The normalized spacial score (nSPS) is 21.5. The summed E-state index contributed by atoms with van der Waals surface area (Å²) in [5, 5.41) is 0. The van der Waals surface area contributed by atoms with Crippen LogP contribution in [0.4, 0.5) is 10.1 Å². The Bertz CT molecular complexity index is 389. The van der Waals surface area contributed by atoms with Gasteiger partial charge in [-0.3, -0.25) is 0 Å². The summed E-state index contributed by atoms with van der Waals surface area (Å²) in [6, 6.07) is 5.32. The summed E-state index contributed by atoms with van der Waals surface area (Å²) in [5.74, 6) is 2.14. The molecule has 0 aromatic heterocycles. The van der Waals surface area contributed by atoms with Crippen LogP contribution in [0.15, 0.2) is 18.2 Å². The van der Waals surface area contributed by atoms with Crippen molar-refractivity contribution in [3.63, 3.8) is 0 Å². The number of hydrogen-bond donors (Lipinski definition) is 1. The molecule has 0 radical (unpaired) electrons. The van der Waals surface area contributed by atoms with Gasteiger partial charge in [0.1, 0.15) is 5.82 Å². The van der Waals surface area contributed by atoms with Crippen molar-refractivity contribution in [2.24, 2.45) is 5.73 Å². The van der Waals surface area contributed by atoms with Crippen molar-refractivity contribution in [1.29, 1.82) is 0 Å². The van der Waals surface area contributed by atoms with Gasteiger partial charge < -0.3 is 10.6 Å². The quantitative estimate of drug-likeness (QED) is 0.899. The van der Waals surface area contributed by atoms with Crippen molar-refractivity contribution >= 4 is 17.4 Å². The Hall–Kier alpha value is -0.740. The van der Waals surface area contributed by atoms with E-state index < -0.39 is 0 Å². The monoisotopic (exact) mass is 254 g/mol. The molecular weight excluding hydrogens is 235 g/mol. The molecule has 2 atom stereocenters. The second-order valence-electron chi connectivity index (χ2n) is 4.62. The lowest BCUT2D eigenvalue weighted by Crippen LogP contribution is -2.32. The van der Waals surface area contributed by atoms with E-state index in [2.05, 4.69) is 11.9 Å². The van der Waals surface area contributed by atoms with Gasteiger partial charge in [-0.15, -0.1) is 0 Å². The van der Waals surface area contributed by atoms with Crippen LogP contribution >= 0.6 is 11.8 Å². The zero-order valence-corrected chi connectivity index (χ0v) is 11.1. The van der Waals surface area contributed by atoms with Crippen LogP contribution in [0.1, 0.15) is 24.9 Å². The molecule has 2 N–H and O–H groups in total. The van der Waals surface area contributed by atoms with Gasteiger partial charge in [0.2, 0.25) is 0 Å². The van der Waals surface area contributed by atoms with Crippen molar-refractivity contribution in [1.82, 2.24) is 0 Å². The van der Waals surface area contributed by atoms with Gasteiger partial charge in [-0.2, -0.15) is 11.8 Å². The van der Waals surface area contributed by atoms with E-state index in [0.29, 0.717) is 6.04 Å². The van der Waals surface area contributed by atoms with E-state index in [4.69, 9.17) is 5.73 Å². The van der Waals surface area contributed by atoms with Crippen LogP contribution < -0.4 is 10.6 Å². The van der Waals surface area contributed by atoms with Crippen molar-refractivity contribution in [2.75, 3.05) is 23.5 Å². The van der Waals surface area contributed by atoms with Gasteiger partial charge in [0.15, 0.2) is 0 Å². The van der Waals surface area contributed by atoms with Gasteiger partial charge in [-0.05, 0) is 42.9 Å². The Morgan fingerprint density at radius 2 is 2.29 bits per heavy atom. The number of benzene rings is 1. The Morgan fingerprint density at radius 3 is 2.88 bits per heavy atom. The molecule has 0 saturated carbocycles. The standard InChI is InChI=1S/C13H19FN2S/c1-9(15)12-7-10(14)3-4-13(12)16(2)11-5-6-17-8-11/h3-4,7,9,11H,5-6,8,15H2,1-2H3. The molecule has 1 aliphatic rings. The lowest BCUT2D eigenvalue weighted by molar-refractivity contribution is 0.619. The number of hydrogen-bond acceptors (Lipinski definition) is 3. The first-order valence-electron chi connectivity index (χ1n) is 5.95. The highest BCUT2D eigenvalue weighted by Gasteiger charge is 2.22. The molecule has 17 heavy (non-hydrogen) atoms. The molecule has 0 amide bonds. The molecule has 1 fully saturated rings. The van der Waals surface area contributed by atoms with E-state index in [1.54, 1.807) is 6.07 Å². The highest BCUT2D eigenvalue weighted by Crippen LogP contribution is 2.30. The molecule has 4 heteroatoms. The number of thioether (sulfide) groups is 1. The predicted octanol–water partition coefficient (Wildman–Crippen LogP) is 2.79. The number of halogens is 1. The van der Waals surface area contributed by atoms with Crippen LogP contribution in [-0.2, 0) is 0 Å². The topological polar surface area (TPSA) is 29.3 Å². The van der Waals surface area contributed by atoms with Gasteiger partial charge in [0, 0.05) is 30.6 Å². The van der Waals surface area contributed by atoms with Crippen molar-refractivity contribution in [2.45, 2.75) is 25.4 Å². The van der Waals surface area contributed by atoms with E-state index in [1.165, 1.54) is 18.2 Å².